The second-order valence-corrected chi connectivity index (χ2v) is 3.56. The normalized spacial score (nSPS) is 12.3. The Bertz CT molecular complexity index is 301. The summed E-state index contributed by atoms with van der Waals surface area (Å²) < 4.78 is 0. The quantitative estimate of drug-likeness (QED) is 0.691. The van der Waals surface area contributed by atoms with Crippen molar-refractivity contribution in [3.05, 3.63) is 30.1 Å². The molecule has 0 aliphatic rings. The van der Waals surface area contributed by atoms with Gasteiger partial charge in [-0.25, -0.2) is 0 Å². The van der Waals surface area contributed by atoms with Gasteiger partial charge in [0.15, 0.2) is 0 Å². The van der Waals surface area contributed by atoms with Crippen molar-refractivity contribution in [3.8, 4) is 0 Å². The van der Waals surface area contributed by atoms with Crippen molar-refractivity contribution in [2.45, 2.75) is 19.9 Å². The molecule has 0 bridgehead atoms. The van der Waals surface area contributed by atoms with Crippen LogP contribution in [0, 0.1) is 5.92 Å². The molecule has 4 nitrogen and oxygen atoms in total. The summed E-state index contributed by atoms with van der Waals surface area (Å²) in [5.74, 6) is -1.02. The van der Waals surface area contributed by atoms with Crippen molar-refractivity contribution < 1.29 is 9.90 Å². The third-order valence-electron chi connectivity index (χ3n) is 2.25. The molecule has 0 saturated heterocycles. The van der Waals surface area contributed by atoms with Gasteiger partial charge in [0.05, 0.1) is 5.92 Å². The molecule has 15 heavy (non-hydrogen) atoms. The van der Waals surface area contributed by atoms with Crippen molar-refractivity contribution in [2.24, 2.45) is 5.92 Å². The highest BCUT2D eigenvalue weighted by Crippen LogP contribution is 2.00. The number of hydrogen-bond donors (Lipinski definition) is 2. The number of pyridine rings is 1. The predicted octanol–water partition coefficient (Wildman–Crippen LogP) is 1.28. The van der Waals surface area contributed by atoms with Crippen LogP contribution in [0.25, 0.3) is 0 Å². The topological polar surface area (TPSA) is 62.2 Å². The van der Waals surface area contributed by atoms with Gasteiger partial charge in [0.1, 0.15) is 0 Å². The molecule has 1 heterocycles. The van der Waals surface area contributed by atoms with E-state index >= 15 is 0 Å². The molecular formula is C11H16N2O2. The number of carbonyl (C=O) groups is 1. The van der Waals surface area contributed by atoms with Crippen LogP contribution in [0.15, 0.2) is 24.5 Å². The van der Waals surface area contributed by atoms with Crippen LogP contribution in [0.1, 0.15) is 18.9 Å². The van der Waals surface area contributed by atoms with Gasteiger partial charge < -0.3 is 10.4 Å². The lowest BCUT2D eigenvalue weighted by atomic mass is 10.1. The second-order valence-electron chi connectivity index (χ2n) is 3.56. The Labute approximate surface area is 89.3 Å². The number of carboxylic acid groups (broad SMARTS) is 1. The number of aromatic nitrogens is 1. The molecule has 1 aromatic rings. The first kappa shape index (κ1) is 11.7. The zero-order chi connectivity index (χ0) is 11.1. The zero-order valence-electron chi connectivity index (χ0n) is 8.81. The van der Waals surface area contributed by atoms with Crippen molar-refractivity contribution in [3.63, 3.8) is 0 Å². The maximum Gasteiger partial charge on any atom is 0.306 e. The van der Waals surface area contributed by atoms with Crippen LogP contribution < -0.4 is 5.32 Å². The summed E-state index contributed by atoms with van der Waals surface area (Å²) in [5.41, 5.74) is 1.16. The Hall–Kier alpha value is -1.42. The number of aliphatic carboxylic acids is 1. The van der Waals surface area contributed by atoms with Crippen LogP contribution in [-0.2, 0) is 11.3 Å². The Balaban J connectivity index is 2.15. The lowest BCUT2D eigenvalue weighted by Gasteiger charge is -2.07. The van der Waals surface area contributed by atoms with Gasteiger partial charge in [-0.1, -0.05) is 6.92 Å². The number of nitrogens with one attached hydrogen (secondary N) is 1. The van der Waals surface area contributed by atoms with Gasteiger partial charge >= 0.3 is 5.97 Å². The SMILES string of the molecule is CC(CCNCc1ccncc1)C(=O)O. The maximum atomic E-state index is 10.5. The summed E-state index contributed by atoms with van der Waals surface area (Å²) in [6.07, 6.45) is 4.15. The third kappa shape index (κ3) is 4.56. The molecule has 0 fully saturated rings. The fraction of sp³-hybridized carbons (Fsp3) is 0.455. The van der Waals surface area contributed by atoms with E-state index < -0.39 is 5.97 Å². The highest BCUT2D eigenvalue weighted by atomic mass is 16.4. The van der Waals surface area contributed by atoms with Gasteiger partial charge in [0.2, 0.25) is 0 Å². The number of rotatable bonds is 6. The van der Waals surface area contributed by atoms with E-state index in [1.165, 1.54) is 0 Å². The Morgan fingerprint density at radius 1 is 1.53 bits per heavy atom. The molecule has 0 spiro atoms. The van der Waals surface area contributed by atoms with Gasteiger partial charge in [-0.15, -0.1) is 0 Å². The van der Waals surface area contributed by atoms with Crippen molar-refractivity contribution >= 4 is 5.97 Å². The Kier molecular flexibility index (Phi) is 4.77. The molecule has 2 N–H and O–H groups in total. The first-order valence-electron chi connectivity index (χ1n) is 5.02. The molecule has 0 radical (unpaired) electrons. The molecule has 1 rings (SSSR count). The second kappa shape index (κ2) is 6.14. The molecule has 82 valence electrons. The molecule has 0 aliphatic heterocycles. The van der Waals surface area contributed by atoms with Gasteiger partial charge in [0, 0.05) is 18.9 Å². The smallest absolute Gasteiger partial charge is 0.306 e. The monoisotopic (exact) mass is 208 g/mol. The minimum Gasteiger partial charge on any atom is -0.481 e. The number of hydrogen-bond acceptors (Lipinski definition) is 3. The molecule has 0 saturated carbocycles. The van der Waals surface area contributed by atoms with Crippen LogP contribution in [0.4, 0.5) is 0 Å². The summed E-state index contributed by atoms with van der Waals surface area (Å²) in [6.45, 7) is 3.20. The van der Waals surface area contributed by atoms with Crippen LogP contribution >= 0.6 is 0 Å². The van der Waals surface area contributed by atoms with Crippen LogP contribution in [0.5, 0.6) is 0 Å². The minimum atomic E-state index is -0.735. The molecule has 1 atom stereocenters. The first-order valence-corrected chi connectivity index (χ1v) is 5.02. The van der Waals surface area contributed by atoms with E-state index in [0.717, 1.165) is 18.7 Å². The summed E-state index contributed by atoms with van der Waals surface area (Å²) in [7, 11) is 0. The standard InChI is InChI=1S/C11H16N2O2/c1-9(11(14)15)2-5-13-8-10-3-6-12-7-4-10/h3-4,6-7,9,13H,2,5,8H2,1H3,(H,14,15). The van der Waals surface area contributed by atoms with Crippen molar-refractivity contribution in [2.75, 3.05) is 6.54 Å². The molecule has 0 aromatic carbocycles. The average molecular weight is 208 g/mol. The highest BCUT2D eigenvalue weighted by Gasteiger charge is 2.09. The minimum absolute atomic E-state index is 0.282. The van der Waals surface area contributed by atoms with Gasteiger partial charge in [0.25, 0.3) is 0 Å². The fourth-order valence-corrected chi connectivity index (χ4v) is 1.18. The lowest BCUT2D eigenvalue weighted by molar-refractivity contribution is -0.141. The van der Waals surface area contributed by atoms with Gasteiger partial charge in [-0.2, -0.15) is 0 Å². The largest absolute Gasteiger partial charge is 0.481 e. The summed E-state index contributed by atoms with van der Waals surface area (Å²) >= 11 is 0. The lowest BCUT2D eigenvalue weighted by Crippen LogP contribution is -2.20. The number of carboxylic acids is 1. The maximum absolute atomic E-state index is 10.5. The Morgan fingerprint density at radius 2 is 2.20 bits per heavy atom. The van der Waals surface area contributed by atoms with E-state index in [1.807, 2.05) is 12.1 Å². The van der Waals surface area contributed by atoms with Gasteiger partial charge in [-0.3, -0.25) is 9.78 Å². The van der Waals surface area contributed by atoms with Gasteiger partial charge in [-0.05, 0) is 30.7 Å². The fourth-order valence-electron chi connectivity index (χ4n) is 1.18. The van der Waals surface area contributed by atoms with Crippen LogP contribution in [0.2, 0.25) is 0 Å². The van der Waals surface area contributed by atoms with Crippen molar-refractivity contribution in [1.82, 2.24) is 10.3 Å². The van der Waals surface area contributed by atoms with Crippen LogP contribution in [-0.4, -0.2) is 22.6 Å². The molecule has 1 unspecified atom stereocenters. The molecular weight excluding hydrogens is 192 g/mol. The summed E-state index contributed by atoms with van der Waals surface area (Å²) in [4.78, 5) is 14.4. The highest BCUT2D eigenvalue weighted by molar-refractivity contribution is 5.69. The van der Waals surface area contributed by atoms with E-state index in [1.54, 1.807) is 19.3 Å². The van der Waals surface area contributed by atoms with E-state index in [9.17, 15) is 4.79 Å². The Morgan fingerprint density at radius 3 is 2.80 bits per heavy atom. The molecule has 0 aliphatic carbocycles. The first-order chi connectivity index (χ1) is 7.20. The van der Waals surface area contributed by atoms with E-state index in [0.29, 0.717) is 6.42 Å². The van der Waals surface area contributed by atoms with E-state index in [4.69, 9.17) is 5.11 Å². The molecule has 4 heteroatoms. The molecule has 0 amide bonds. The third-order valence-corrected chi connectivity index (χ3v) is 2.25. The molecule has 1 aromatic heterocycles. The average Bonchev–Trinajstić information content (AvgIpc) is 2.25. The number of nitrogens with zero attached hydrogens (tertiary/aromatic N) is 1. The summed E-state index contributed by atoms with van der Waals surface area (Å²) in [5, 5.41) is 11.9. The van der Waals surface area contributed by atoms with Crippen LogP contribution in [0.3, 0.4) is 0 Å². The summed E-state index contributed by atoms with van der Waals surface area (Å²) in [6, 6.07) is 3.88. The van der Waals surface area contributed by atoms with E-state index in [2.05, 4.69) is 10.3 Å². The van der Waals surface area contributed by atoms with Crippen molar-refractivity contribution in [1.29, 1.82) is 0 Å². The van der Waals surface area contributed by atoms with E-state index in [-0.39, 0.29) is 5.92 Å². The zero-order valence-corrected chi connectivity index (χ0v) is 8.81. The predicted molar refractivity (Wildman–Crippen MR) is 57.4 cm³/mol.